The molecular weight excluding hydrogens is 274 g/mol. The quantitative estimate of drug-likeness (QED) is 0.787. The van der Waals surface area contributed by atoms with Crippen molar-refractivity contribution in [1.82, 2.24) is 0 Å². The second-order valence-electron chi connectivity index (χ2n) is 4.99. The summed E-state index contributed by atoms with van der Waals surface area (Å²) in [6, 6.07) is 5.37. The zero-order valence-electron chi connectivity index (χ0n) is 11.8. The number of nitrogens with zero attached hydrogens (tertiary/aromatic N) is 1. The SMILES string of the molecule is CCOC(=O)[C@H]1CC(=O)N(c2ccc3c(c2)OCCO3)C1. The number of carbonyl (C=O) groups excluding carboxylic acids is 2. The average Bonchev–Trinajstić information content (AvgIpc) is 2.89. The molecule has 21 heavy (non-hydrogen) atoms. The van der Waals surface area contributed by atoms with E-state index in [0.717, 1.165) is 5.69 Å². The number of esters is 1. The Kier molecular flexibility index (Phi) is 3.68. The molecule has 1 fully saturated rings. The molecule has 0 N–H and O–H groups in total. The van der Waals surface area contributed by atoms with Crippen molar-refractivity contribution in [2.24, 2.45) is 5.92 Å². The lowest BCUT2D eigenvalue weighted by Crippen LogP contribution is -2.26. The summed E-state index contributed by atoms with van der Waals surface area (Å²) >= 11 is 0. The summed E-state index contributed by atoms with van der Waals surface area (Å²) in [5.41, 5.74) is 0.719. The van der Waals surface area contributed by atoms with Gasteiger partial charge in [-0.2, -0.15) is 0 Å². The highest BCUT2D eigenvalue weighted by molar-refractivity contribution is 5.99. The van der Waals surface area contributed by atoms with E-state index in [0.29, 0.717) is 37.9 Å². The highest BCUT2D eigenvalue weighted by Crippen LogP contribution is 2.36. The van der Waals surface area contributed by atoms with Gasteiger partial charge in [-0.15, -0.1) is 0 Å². The van der Waals surface area contributed by atoms with Crippen molar-refractivity contribution in [2.75, 3.05) is 31.3 Å². The molecule has 2 aliphatic rings. The number of hydrogen-bond donors (Lipinski definition) is 0. The summed E-state index contributed by atoms with van der Waals surface area (Å²) < 4.78 is 16.0. The third kappa shape index (κ3) is 2.66. The summed E-state index contributed by atoms with van der Waals surface area (Å²) in [5.74, 6) is 0.519. The van der Waals surface area contributed by atoms with Crippen molar-refractivity contribution < 1.29 is 23.8 Å². The summed E-state index contributed by atoms with van der Waals surface area (Å²) in [6.07, 6.45) is 0.188. The molecule has 112 valence electrons. The number of carbonyl (C=O) groups is 2. The van der Waals surface area contributed by atoms with Crippen LogP contribution in [-0.4, -0.2) is 38.2 Å². The smallest absolute Gasteiger partial charge is 0.311 e. The van der Waals surface area contributed by atoms with Crippen molar-refractivity contribution in [2.45, 2.75) is 13.3 Å². The fourth-order valence-corrected chi connectivity index (χ4v) is 2.58. The fourth-order valence-electron chi connectivity index (χ4n) is 2.58. The Morgan fingerprint density at radius 3 is 2.86 bits per heavy atom. The number of ether oxygens (including phenoxy) is 3. The number of fused-ring (bicyclic) bond motifs is 1. The minimum atomic E-state index is -0.398. The lowest BCUT2D eigenvalue weighted by molar-refractivity contribution is -0.147. The molecule has 0 spiro atoms. The molecule has 0 saturated carbocycles. The van der Waals surface area contributed by atoms with E-state index in [1.807, 2.05) is 0 Å². The average molecular weight is 291 g/mol. The van der Waals surface area contributed by atoms with Crippen LogP contribution >= 0.6 is 0 Å². The van der Waals surface area contributed by atoms with E-state index in [1.54, 1.807) is 30.0 Å². The van der Waals surface area contributed by atoms with Gasteiger partial charge in [0.05, 0.1) is 12.5 Å². The van der Waals surface area contributed by atoms with Crippen LogP contribution in [0.2, 0.25) is 0 Å². The second-order valence-corrected chi connectivity index (χ2v) is 4.99. The fraction of sp³-hybridized carbons (Fsp3) is 0.467. The molecule has 1 amide bonds. The first-order valence-corrected chi connectivity index (χ1v) is 7.05. The molecule has 0 aliphatic carbocycles. The molecule has 6 nitrogen and oxygen atoms in total. The van der Waals surface area contributed by atoms with Gasteiger partial charge in [0.1, 0.15) is 13.2 Å². The van der Waals surface area contributed by atoms with E-state index in [-0.39, 0.29) is 18.3 Å². The molecule has 6 heteroatoms. The van der Waals surface area contributed by atoms with Crippen LogP contribution in [-0.2, 0) is 14.3 Å². The van der Waals surface area contributed by atoms with Gasteiger partial charge in [-0.3, -0.25) is 9.59 Å². The van der Waals surface area contributed by atoms with Crippen molar-refractivity contribution in [3.63, 3.8) is 0 Å². The molecule has 0 unspecified atom stereocenters. The van der Waals surface area contributed by atoms with Gasteiger partial charge < -0.3 is 19.1 Å². The van der Waals surface area contributed by atoms with Gasteiger partial charge in [-0.05, 0) is 19.1 Å². The summed E-state index contributed by atoms with van der Waals surface area (Å²) in [6.45, 7) is 3.45. The van der Waals surface area contributed by atoms with Crippen molar-refractivity contribution in [3.8, 4) is 11.5 Å². The van der Waals surface area contributed by atoms with Crippen molar-refractivity contribution in [1.29, 1.82) is 0 Å². The summed E-state index contributed by atoms with van der Waals surface area (Å²) in [5, 5.41) is 0. The van der Waals surface area contributed by atoms with Gasteiger partial charge in [0.2, 0.25) is 5.91 Å². The first-order valence-electron chi connectivity index (χ1n) is 7.05. The van der Waals surface area contributed by atoms with Gasteiger partial charge >= 0.3 is 5.97 Å². The predicted molar refractivity (Wildman–Crippen MR) is 74.5 cm³/mol. The minimum absolute atomic E-state index is 0.0790. The van der Waals surface area contributed by atoms with E-state index in [2.05, 4.69) is 0 Å². The summed E-state index contributed by atoms with van der Waals surface area (Å²) in [4.78, 5) is 25.5. The highest BCUT2D eigenvalue weighted by atomic mass is 16.6. The van der Waals surface area contributed by atoms with Crippen LogP contribution in [0.3, 0.4) is 0 Å². The van der Waals surface area contributed by atoms with E-state index < -0.39 is 5.92 Å². The molecule has 1 aromatic carbocycles. The molecule has 1 aromatic rings. The molecule has 0 radical (unpaired) electrons. The minimum Gasteiger partial charge on any atom is -0.486 e. The van der Waals surface area contributed by atoms with Gasteiger partial charge in [-0.25, -0.2) is 0 Å². The third-order valence-electron chi connectivity index (χ3n) is 3.58. The molecule has 2 aliphatic heterocycles. The van der Waals surface area contributed by atoms with Crippen LogP contribution in [0.1, 0.15) is 13.3 Å². The van der Waals surface area contributed by atoms with E-state index in [9.17, 15) is 9.59 Å². The van der Waals surface area contributed by atoms with Gasteiger partial charge in [-0.1, -0.05) is 0 Å². The van der Waals surface area contributed by atoms with E-state index in [4.69, 9.17) is 14.2 Å². The van der Waals surface area contributed by atoms with Gasteiger partial charge in [0.25, 0.3) is 0 Å². The van der Waals surface area contributed by atoms with Gasteiger partial charge in [0.15, 0.2) is 11.5 Å². The molecule has 3 rings (SSSR count). The van der Waals surface area contributed by atoms with Crippen molar-refractivity contribution in [3.05, 3.63) is 18.2 Å². The van der Waals surface area contributed by atoms with Crippen LogP contribution in [0.25, 0.3) is 0 Å². The van der Waals surface area contributed by atoms with Gasteiger partial charge in [0, 0.05) is 24.7 Å². The maximum absolute atomic E-state index is 12.1. The lowest BCUT2D eigenvalue weighted by atomic mass is 10.1. The number of rotatable bonds is 3. The Morgan fingerprint density at radius 2 is 2.10 bits per heavy atom. The van der Waals surface area contributed by atoms with Crippen LogP contribution in [0.5, 0.6) is 11.5 Å². The standard InChI is InChI=1S/C15H17NO5/c1-2-19-15(18)10-7-14(17)16(9-10)11-3-4-12-13(8-11)21-6-5-20-12/h3-4,8,10H,2,5-7,9H2,1H3/t10-/m0/s1. The Bertz CT molecular complexity index is 571. The molecule has 0 aromatic heterocycles. The first-order chi connectivity index (χ1) is 10.2. The van der Waals surface area contributed by atoms with Crippen LogP contribution in [0, 0.1) is 5.92 Å². The predicted octanol–water partition coefficient (Wildman–Crippen LogP) is 1.37. The second kappa shape index (κ2) is 5.63. The molecular formula is C15H17NO5. The molecule has 1 atom stereocenters. The number of hydrogen-bond acceptors (Lipinski definition) is 5. The Morgan fingerprint density at radius 1 is 1.33 bits per heavy atom. The van der Waals surface area contributed by atoms with Crippen LogP contribution in [0.15, 0.2) is 18.2 Å². The topological polar surface area (TPSA) is 65.1 Å². The molecule has 0 bridgehead atoms. The Balaban J connectivity index is 1.78. The zero-order valence-corrected chi connectivity index (χ0v) is 11.8. The lowest BCUT2D eigenvalue weighted by Gasteiger charge is -2.22. The Labute approximate surface area is 122 Å². The number of amides is 1. The number of benzene rings is 1. The van der Waals surface area contributed by atoms with E-state index in [1.165, 1.54) is 0 Å². The monoisotopic (exact) mass is 291 g/mol. The Hall–Kier alpha value is -2.24. The number of anilines is 1. The zero-order chi connectivity index (χ0) is 14.8. The first kappa shape index (κ1) is 13.7. The normalized spacial score (nSPS) is 20.5. The van der Waals surface area contributed by atoms with Crippen LogP contribution in [0.4, 0.5) is 5.69 Å². The highest BCUT2D eigenvalue weighted by Gasteiger charge is 2.36. The maximum atomic E-state index is 12.1. The van der Waals surface area contributed by atoms with Crippen molar-refractivity contribution >= 4 is 17.6 Å². The molecule has 1 saturated heterocycles. The third-order valence-corrected chi connectivity index (χ3v) is 3.58. The molecule has 2 heterocycles. The van der Waals surface area contributed by atoms with E-state index >= 15 is 0 Å². The van der Waals surface area contributed by atoms with Crippen LogP contribution < -0.4 is 14.4 Å². The largest absolute Gasteiger partial charge is 0.486 e. The maximum Gasteiger partial charge on any atom is 0.311 e. The summed E-state index contributed by atoms with van der Waals surface area (Å²) in [7, 11) is 0.